The summed E-state index contributed by atoms with van der Waals surface area (Å²) in [6.45, 7) is 4.02. The second kappa shape index (κ2) is 3.32. The fraction of sp³-hybridized carbons (Fsp3) is 0.462. The Morgan fingerprint density at radius 2 is 2.06 bits per heavy atom. The van der Waals surface area contributed by atoms with Gasteiger partial charge < -0.3 is 14.6 Å². The molecule has 1 saturated carbocycles. The van der Waals surface area contributed by atoms with E-state index in [9.17, 15) is 9.90 Å². The lowest BCUT2D eigenvalue weighted by Crippen LogP contribution is -2.25. The van der Waals surface area contributed by atoms with Gasteiger partial charge in [0.1, 0.15) is 0 Å². The smallest absolute Gasteiger partial charge is 0.314 e. The molecule has 0 radical (unpaired) electrons. The van der Waals surface area contributed by atoms with Gasteiger partial charge in [-0.25, -0.2) is 0 Å². The van der Waals surface area contributed by atoms with Crippen molar-refractivity contribution < 1.29 is 19.4 Å². The Kier molecular flexibility index (Phi) is 2.15. The predicted molar refractivity (Wildman–Crippen MR) is 65.3 cm³/mol. The average Bonchev–Trinajstić information content (AvgIpc) is 2.69. The van der Waals surface area contributed by atoms with Crippen LogP contribution in [0.3, 0.4) is 0 Å². The largest absolute Gasteiger partial charge is 0.481 e. The average molecular weight is 269 g/mol. The lowest BCUT2D eigenvalue weighted by atomic mass is 9.88. The van der Waals surface area contributed by atoms with Crippen molar-refractivity contribution in [1.82, 2.24) is 0 Å². The van der Waals surface area contributed by atoms with E-state index in [0.717, 1.165) is 0 Å². The molecule has 1 aliphatic heterocycles. The quantitative estimate of drug-likeness (QED) is 0.896. The third-order valence-electron chi connectivity index (χ3n) is 4.02. The van der Waals surface area contributed by atoms with Crippen LogP contribution in [-0.2, 0) is 10.2 Å². The summed E-state index contributed by atoms with van der Waals surface area (Å²) in [5, 5.41) is 9.92. The molecule has 0 bridgehead atoms. The number of hydrogen-bond donors (Lipinski definition) is 1. The Balaban J connectivity index is 2.14. The Morgan fingerprint density at radius 3 is 2.61 bits per heavy atom. The second-order valence-corrected chi connectivity index (χ2v) is 5.87. The van der Waals surface area contributed by atoms with Crippen LogP contribution in [0.25, 0.3) is 0 Å². The van der Waals surface area contributed by atoms with Crippen LogP contribution in [0.4, 0.5) is 0 Å². The van der Waals surface area contributed by atoms with E-state index in [1.807, 2.05) is 13.8 Å². The number of aliphatic carboxylic acids is 1. The number of fused-ring (bicyclic) bond motifs is 1. The van der Waals surface area contributed by atoms with Gasteiger partial charge in [0, 0.05) is 0 Å². The van der Waals surface area contributed by atoms with Gasteiger partial charge >= 0.3 is 5.97 Å². The summed E-state index contributed by atoms with van der Waals surface area (Å²) in [7, 11) is 0. The molecule has 1 aromatic rings. The van der Waals surface area contributed by atoms with Crippen molar-refractivity contribution in [3.05, 3.63) is 22.7 Å². The van der Waals surface area contributed by atoms with Crippen molar-refractivity contribution in [1.29, 1.82) is 0 Å². The Bertz CT molecular complexity index is 552. The summed E-state index contributed by atoms with van der Waals surface area (Å²) in [6, 6.07) is 3.41. The minimum absolute atomic E-state index is 0.127. The first kappa shape index (κ1) is 11.7. The zero-order valence-corrected chi connectivity index (χ0v) is 10.9. The summed E-state index contributed by atoms with van der Waals surface area (Å²) in [6.07, 6.45) is 0.602. The third kappa shape index (κ3) is 1.29. The molecule has 3 rings (SSSR count). The van der Waals surface area contributed by atoms with Crippen LogP contribution >= 0.6 is 11.6 Å². The summed E-state index contributed by atoms with van der Waals surface area (Å²) in [4.78, 5) is 11.6. The van der Waals surface area contributed by atoms with Gasteiger partial charge in [0.25, 0.3) is 0 Å². The first-order valence-corrected chi connectivity index (χ1v) is 6.09. The highest BCUT2D eigenvalue weighted by molar-refractivity contribution is 6.32. The molecule has 4 nitrogen and oxygen atoms in total. The lowest BCUT2D eigenvalue weighted by Gasteiger charge is -2.17. The number of carboxylic acid groups (broad SMARTS) is 1. The van der Waals surface area contributed by atoms with Crippen molar-refractivity contribution >= 4 is 17.6 Å². The van der Waals surface area contributed by atoms with E-state index in [-0.39, 0.29) is 12.2 Å². The Hall–Kier alpha value is -1.42. The molecule has 18 heavy (non-hydrogen) atoms. The molecule has 2 aliphatic rings. The maximum Gasteiger partial charge on any atom is 0.314 e. The summed E-state index contributed by atoms with van der Waals surface area (Å²) in [5.41, 5.74) is -0.442. The molecule has 0 spiro atoms. The molecular formula is C13H13ClO4. The minimum Gasteiger partial charge on any atom is -0.481 e. The van der Waals surface area contributed by atoms with Crippen LogP contribution in [0.5, 0.6) is 11.5 Å². The molecule has 1 aromatic carbocycles. The normalized spacial score (nSPS) is 27.1. The maximum atomic E-state index is 11.6. The minimum atomic E-state index is -0.863. The van der Waals surface area contributed by atoms with Crippen molar-refractivity contribution in [3.8, 4) is 11.5 Å². The van der Waals surface area contributed by atoms with Gasteiger partial charge in [-0.3, -0.25) is 4.79 Å². The van der Waals surface area contributed by atoms with E-state index >= 15 is 0 Å². The zero-order chi connectivity index (χ0) is 13.1. The van der Waals surface area contributed by atoms with E-state index in [1.165, 1.54) is 0 Å². The molecule has 5 heteroatoms. The van der Waals surface area contributed by atoms with Gasteiger partial charge in [-0.05, 0) is 29.5 Å². The molecule has 1 atom stereocenters. The lowest BCUT2D eigenvalue weighted by molar-refractivity contribution is -0.141. The molecule has 96 valence electrons. The number of carboxylic acids is 1. The zero-order valence-electron chi connectivity index (χ0n) is 10.1. The van der Waals surface area contributed by atoms with Crippen molar-refractivity contribution in [3.63, 3.8) is 0 Å². The fourth-order valence-corrected chi connectivity index (χ4v) is 3.08. The second-order valence-electron chi connectivity index (χ2n) is 5.46. The number of ether oxygens (including phenoxy) is 2. The first-order valence-electron chi connectivity index (χ1n) is 5.71. The molecule has 0 aromatic heterocycles. The molecule has 1 N–H and O–H groups in total. The van der Waals surface area contributed by atoms with Crippen molar-refractivity contribution in [2.45, 2.75) is 25.7 Å². The summed E-state index contributed by atoms with van der Waals surface area (Å²) >= 11 is 6.11. The maximum absolute atomic E-state index is 11.6. The number of rotatable bonds is 2. The standard InChI is InChI=1S/C13H13ClO4/c1-12(2)5-13(12,11(15)16)7-3-8(14)10-9(4-7)17-6-18-10/h3-4H,5-6H2,1-2H3,(H,15,16). The van der Waals surface area contributed by atoms with Crippen molar-refractivity contribution in [2.75, 3.05) is 6.79 Å². The van der Waals surface area contributed by atoms with Gasteiger partial charge in [-0.1, -0.05) is 25.4 Å². The van der Waals surface area contributed by atoms with Gasteiger partial charge in [0.2, 0.25) is 6.79 Å². The SMILES string of the molecule is CC1(C)CC1(C(=O)O)c1cc(Cl)c2c(c1)OCO2. The number of hydrogen-bond acceptors (Lipinski definition) is 3. The molecule has 1 unspecified atom stereocenters. The van der Waals surface area contributed by atoms with E-state index in [4.69, 9.17) is 21.1 Å². The molecule has 1 aliphatic carbocycles. The molecule has 0 saturated heterocycles. The van der Waals surface area contributed by atoms with Crippen molar-refractivity contribution in [2.24, 2.45) is 5.41 Å². The summed E-state index contributed by atoms with van der Waals surface area (Å²) in [5.74, 6) is 0.211. The van der Waals surface area contributed by atoms with E-state index in [0.29, 0.717) is 28.5 Å². The van der Waals surface area contributed by atoms with E-state index in [2.05, 4.69) is 0 Å². The molecule has 1 fully saturated rings. The monoisotopic (exact) mass is 268 g/mol. The highest BCUT2D eigenvalue weighted by atomic mass is 35.5. The molecular weight excluding hydrogens is 256 g/mol. The Labute approximate surface area is 109 Å². The van der Waals surface area contributed by atoms with Crippen LogP contribution in [0.2, 0.25) is 5.02 Å². The van der Waals surface area contributed by atoms with E-state index < -0.39 is 11.4 Å². The third-order valence-corrected chi connectivity index (χ3v) is 4.30. The van der Waals surface area contributed by atoms with Gasteiger partial charge in [0.15, 0.2) is 11.5 Å². The first-order chi connectivity index (χ1) is 8.38. The summed E-state index contributed by atoms with van der Waals surface area (Å²) < 4.78 is 10.5. The van der Waals surface area contributed by atoms with Crippen LogP contribution in [-0.4, -0.2) is 17.9 Å². The predicted octanol–water partition coefficient (Wildman–Crippen LogP) is 2.82. The van der Waals surface area contributed by atoms with Crippen LogP contribution in [0, 0.1) is 5.41 Å². The number of halogens is 1. The van der Waals surface area contributed by atoms with Gasteiger partial charge in [-0.2, -0.15) is 0 Å². The highest BCUT2D eigenvalue weighted by Gasteiger charge is 2.68. The highest BCUT2D eigenvalue weighted by Crippen LogP contribution is 2.65. The molecule has 1 heterocycles. The van der Waals surface area contributed by atoms with Crippen LogP contribution in [0.15, 0.2) is 12.1 Å². The van der Waals surface area contributed by atoms with Crippen LogP contribution in [0.1, 0.15) is 25.8 Å². The fourth-order valence-electron chi connectivity index (χ4n) is 2.81. The topological polar surface area (TPSA) is 55.8 Å². The number of carbonyl (C=O) groups is 1. The van der Waals surface area contributed by atoms with Crippen LogP contribution < -0.4 is 9.47 Å². The van der Waals surface area contributed by atoms with E-state index in [1.54, 1.807) is 12.1 Å². The van der Waals surface area contributed by atoms with Gasteiger partial charge in [-0.15, -0.1) is 0 Å². The number of benzene rings is 1. The Morgan fingerprint density at radius 1 is 1.39 bits per heavy atom. The molecule has 0 amide bonds. The van der Waals surface area contributed by atoms with Gasteiger partial charge in [0.05, 0.1) is 10.4 Å².